The van der Waals surface area contributed by atoms with Crippen LogP contribution in [0, 0.1) is 0 Å². The molecule has 2 N–H and O–H groups in total. The highest BCUT2D eigenvalue weighted by atomic mass is 16.5. The SMILES string of the molecule is COc1cccc([C@H]2CN(C(=O)c3ccc(-n4cnnc4)nc3)C[C@@H]2N)c1. The van der Waals surface area contributed by atoms with Gasteiger partial charge in [0, 0.05) is 31.2 Å². The van der Waals surface area contributed by atoms with E-state index in [0.717, 1.165) is 11.3 Å². The van der Waals surface area contributed by atoms with Crippen molar-refractivity contribution in [1.29, 1.82) is 0 Å². The Balaban J connectivity index is 1.49. The van der Waals surface area contributed by atoms with E-state index in [-0.39, 0.29) is 17.9 Å². The second-order valence-corrected chi connectivity index (χ2v) is 6.53. The van der Waals surface area contributed by atoms with Gasteiger partial charge in [-0.15, -0.1) is 10.2 Å². The quantitative estimate of drug-likeness (QED) is 0.748. The molecule has 4 rings (SSSR count). The van der Waals surface area contributed by atoms with Gasteiger partial charge in [0.15, 0.2) is 0 Å². The van der Waals surface area contributed by atoms with Crippen LogP contribution in [0.25, 0.3) is 5.82 Å². The Hall–Kier alpha value is -3.26. The number of carbonyl (C=O) groups excluding carboxylic acids is 1. The summed E-state index contributed by atoms with van der Waals surface area (Å²) in [6.07, 6.45) is 4.69. The molecular formula is C19H20N6O2. The molecular weight excluding hydrogens is 344 g/mol. The molecule has 3 aromatic rings. The number of amides is 1. The minimum Gasteiger partial charge on any atom is -0.497 e. The summed E-state index contributed by atoms with van der Waals surface area (Å²) in [5.74, 6) is 1.45. The van der Waals surface area contributed by atoms with Crippen molar-refractivity contribution < 1.29 is 9.53 Å². The summed E-state index contributed by atoms with van der Waals surface area (Å²) >= 11 is 0. The third-order valence-electron chi connectivity index (χ3n) is 4.85. The third-order valence-corrected chi connectivity index (χ3v) is 4.85. The summed E-state index contributed by atoms with van der Waals surface area (Å²) in [5.41, 5.74) is 7.94. The fourth-order valence-electron chi connectivity index (χ4n) is 3.39. The van der Waals surface area contributed by atoms with Gasteiger partial charge in [0.25, 0.3) is 5.91 Å². The first-order valence-corrected chi connectivity index (χ1v) is 8.65. The van der Waals surface area contributed by atoms with Crippen LogP contribution < -0.4 is 10.5 Å². The van der Waals surface area contributed by atoms with Crippen LogP contribution in [0.2, 0.25) is 0 Å². The number of hydrogen-bond acceptors (Lipinski definition) is 6. The van der Waals surface area contributed by atoms with Gasteiger partial charge in [-0.1, -0.05) is 12.1 Å². The van der Waals surface area contributed by atoms with Crippen molar-refractivity contribution in [3.63, 3.8) is 0 Å². The predicted molar refractivity (Wildman–Crippen MR) is 98.8 cm³/mol. The lowest BCUT2D eigenvalue weighted by molar-refractivity contribution is 0.0788. The second kappa shape index (κ2) is 7.16. The maximum absolute atomic E-state index is 12.9. The third kappa shape index (κ3) is 3.39. The number of ether oxygens (including phenoxy) is 1. The highest BCUT2D eigenvalue weighted by molar-refractivity contribution is 5.94. The molecule has 1 aliphatic rings. The van der Waals surface area contributed by atoms with Crippen LogP contribution in [0.4, 0.5) is 0 Å². The summed E-state index contributed by atoms with van der Waals surface area (Å²) in [4.78, 5) is 19.0. The molecule has 1 fully saturated rings. The fraction of sp³-hybridized carbons (Fsp3) is 0.263. The van der Waals surface area contributed by atoms with E-state index in [1.165, 1.54) is 0 Å². The molecule has 2 aromatic heterocycles. The van der Waals surface area contributed by atoms with Crippen molar-refractivity contribution in [2.45, 2.75) is 12.0 Å². The first-order valence-electron chi connectivity index (χ1n) is 8.65. The second-order valence-electron chi connectivity index (χ2n) is 6.53. The number of methoxy groups -OCH3 is 1. The van der Waals surface area contributed by atoms with Gasteiger partial charge in [-0.05, 0) is 29.8 Å². The normalized spacial score (nSPS) is 19.3. The molecule has 0 spiro atoms. The summed E-state index contributed by atoms with van der Waals surface area (Å²) in [5, 5.41) is 7.50. The minimum absolute atomic E-state index is 0.0707. The number of nitrogens with zero attached hydrogens (tertiary/aromatic N) is 5. The standard InChI is InChI=1S/C19H20N6O2/c1-27-15-4-2-3-13(7-15)16-9-24(10-17(16)20)19(26)14-5-6-18(21-8-14)25-11-22-23-12-25/h2-8,11-12,16-17H,9-10,20H2,1H3/t16-,17+/m1/s1. The Kier molecular flexibility index (Phi) is 4.55. The van der Waals surface area contributed by atoms with E-state index < -0.39 is 0 Å². The molecule has 0 aliphatic carbocycles. The van der Waals surface area contributed by atoms with Crippen LogP contribution in [-0.2, 0) is 0 Å². The molecule has 27 heavy (non-hydrogen) atoms. The van der Waals surface area contributed by atoms with Gasteiger partial charge in [-0.3, -0.25) is 9.36 Å². The van der Waals surface area contributed by atoms with Gasteiger partial charge in [-0.2, -0.15) is 0 Å². The first kappa shape index (κ1) is 17.2. The van der Waals surface area contributed by atoms with E-state index in [9.17, 15) is 4.79 Å². The van der Waals surface area contributed by atoms with Crippen LogP contribution in [0.15, 0.2) is 55.2 Å². The van der Waals surface area contributed by atoms with E-state index in [4.69, 9.17) is 10.5 Å². The molecule has 0 saturated carbocycles. The molecule has 138 valence electrons. The van der Waals surface area contributed by atoms with Gasteiger partial charge in [0.05, 0.1) is 12.7 Å². The van der Waals surface area contributed by atoms with Crippen LogP contribution in [0.5, 0.6) is 5.75 Å². The summed E-state index contributed by atoms with van der Waals surface area (Å²) < 4.78 is 6.97. The number of benzene rings is 1. The Bertz CT molecular complexity index is 926. The van der Waals surface area contributed by atoms with Crippen molar-refractivity contribution >= 4 is 5.91 Å². The zero-order chi connectivity index (χ0) is 18.8. The van der Waals surface area contributed by atoms with Gasteiger partial charge in [-0.25, -0.2) is 4.98 Å². The molecule has 3 heterocycles. The number of likely N-dealkylation sites (tertiary alicyclic amines) is 1. The topological polar surface area (TPSA) is 99.2 Å². The average molecular weight is 364 g/mol. The Labute approximate surface area is 156 Å². The first-order chi connectivity index (χ1) is 13.2. The van der Waals surface area contributed by atoms with Gasteiger partial charge in [0.1, 0.15) is 24.2 Å². The summed E-state index contributed by atoms with van der Waals surface area (Å²) in [6, 6.07) is 11.3. The highest BCUT2D eigenvalue weighted by Gasteiger charge is 2.34. The Morgan fingerprint density at radius 2 is 2.00 bits per heavy atom. The number of aromatic nitrogens is 4. The van der Waals surface area contributed by atoms with Crippen LogP contribution in [0.3, 0.4) is 0 Å². The number of carbonyl (C=O) groups is 1. The van der Waals surface area contributed by atoms with Crippen molar-refractivity contribution in [3.8, 4) is 11.6 Å². The minimum atomic E-state index is -0.120. The Morgan fingerprint density at radius 3 is 2.70 bits per heavy atom. The van der Waals surface area contributed by atoms with Crippen molar-refractivity contribution in [1.82, 2.24) is 24.6 Å². The predicted octanol–water partition coefficient (Wildman–Crippen LogP) is 1.24. The summed E-state index contributed by atoms with van der Waals surface area (Å²) in [7, 11) is 1.64. The molecule has 0 bridgehead atoms. The maximum atomic E-state index is 12.9. The van der Waals surface area contributed by atoms with Crippen molar-refractivity contribution in [2.75, 3.05) is 20.2 Å². The fourth-order valence-corrected chi connectivity index (χ4v) is 3.39. The van der Waals surface area contributed by atoms with Gasteiger partial charge >= 0.3 is 0 Å². The molecule has 8 heteroatoms. The number of hydrogen-bond donors (Lipinski definition) is 1. The average Bonchev–Trinajstić information content (AvgIpc) is 3.37. The molecule has 2 atom stereocenters. The molecule has 1 amide bonds. The van der Waals surface area contributed by atoms with Crippen molar-refractivity contribution in [2.24, 2.45) is 5.73 Å². The molecule has 8 nitrogen and oxygen atoms in total. The molecule has 1 aromatic carbocycles. The molecule has 1 saturated heterocycles. The summed E-state index contributed by atoms with van der Waals surface area (Å²) in [6.45, 7) is 1.08. The Morgan fingerprint density at radius 1 is 1.19 bits per heavy atom. The van der Waals surface area contributed by atoms with E-state index in [0.29, 0.717) is 24.5 Å². The zero-order valence-electron chi connectivity index (χ0n) is 14.9. The van der Waals surface area contributed by atoms with Gasteiger partial charge < -0.3 is 15.4 Å². The van der Waals surface area contributed by atoms with E-state index in [1.54, 1.807) is 47.6 Å². The lowest BCUT2D eigenvalue weighted by atomic mass is 9.95. The van der Waals surface area contributed by atoms with E-state index >= 15 is 0 Å². The van der Waals surface area contributed by atoms with E-state index in [2.05, 4.69) is 15.2 Å². The monoisotopic (exact) mass is 364 g/mol. The van der Waals surface area contributed by atoms with Crippen LogP contribution in [0.1, 0.15) is 21.8 Å². The number of nitrogens with two attached hydrogens (primary N) is 1. The lowest BCUT2D eigenvalue weighted by Gasteiger charge is -2.17. The number of pyridine rings is 1. The highest BCUT2D eigenvalue weighted by Crippen LogP contribution is 2.29. The lowest BCUT2D eigenvalue weighted by Crippen LogP contribution is -2.32. The largest absolute Gasteiger partial charge is 0.497 e. The smallest absolute Gasteiger partial charge is 0.255 e. The van der Waals surface area contributed by atoms with Crippen LogP contribution >= 0.6 is 0 Å². The number of rotatable bonds is 4. The maximum Gasteiger partial charge on any atom is 0.255 e. The molecule has 1 aliphatic heterocycles. The zero-order valence-corrected chi connectivity index (χ0v) is 14.9. The van der Waals surface area contributed by atoms with Crippen molar-refractivity contribution in [3.05, 3.63) is 66.4 Å². The molecule has 0 unspecified atom stereocenters. The van der Waals surface area contributed by atoms with E-state index in [1.807, 2.05) is 24.3 Å². The molecule has 0 radical (unpaired) electrons. The van der Waals surface area contributed by atoms with Gasteiger partial charge in [0.2, 0.25) is 0 Å². The van der Waals surface area contributed by atoms with Crippen LogP contribution in [-0.4, -0.2) is 56.8 Å².